The first-order valence-corrected chi connectivity index (χ1v) is 4.05. The largest absolute Gasteiger partial charge is 0.385 e. The number of nitrogen functional groups attached to an aromatic ring is 2. The lowest BCUT2D eigenvalue weighted by molar-refractivity contribution is 0.983. The van der Waals surface area contributed by atoms with Crippen LogP contribution in [0.5, 0.6) is 0 Å². The van der Waals surface area contributed by atoms with E-state index < -0.39 is 0 Å². The highest BCUT2D eigenvalue weighted by molar-refractivity contribution is 5.86. The minimum atomic E-state index is 0.683. The molecule has 70 valence electrons. The number of aromatic nitrogens is 2. The van der Waals surface area contributed by atoms with Gasteiger partial charge in [0.25, 0.3) is 0 Å². The second-order valence-corrected chi connectivity index (χ2v) is 3.03. The van der Waals surface area contributed by atoms with Gasteiger partial charge >= 0.3 is 0 Å². The number of hydrogen-bond acceptors (Lipinski definition) is 3. The number of nitrogens with zero attached hydrogens (tertiary/aromatic N) is 2. The maximum Gasteiger partial charge on any atom is 0.125 e. The Hall–Kier alpha value is -1.78. The molecule has 0 aromatic carbocycles. The van der Waals surface area contributed by atoms with Gasteiger partial charge in [-0.3, -0.25) is 0 Å². The summed E-state index contributed by atoms with van der Waals surface area (Å²) in [6.45, 7) is 0. The van der Waals surface area contributed by atoms with Gasteiger partial charge in [-0.1, -0.05) is 0 Å². The van der Waals surface area contributed by atoms with E-state index in [1.54, 1.807) is 4.68 Å². The molecule has 5 heteroatoms. The smallest absolute Gasteiger partial charge is 0.125 e. The van der Waals surface area contributed by atoms with Gasteiger partial charge in [-0.2, -0.15) is 0 Å². The quantitative estimate of drug-likeness (QED) is 0.590. The van der Waals surface area contributed by atoms with Crippen LogP contribution in [0.2, 0.25) is 0 Å². The van der Waals surface area contributed by atoms with Gasteiger partial charge < -0.3 is 21.5 Å². The number of hydrogen-bond donors (Lipinski definition) is 3. The summed E-state index contributed by atoms with van der Waals surface area (Å²) in [5.74, 6) is 1.41. The molecule has 0 aliphatic heterocycles. The Labute approximate surface area is 75.9 Å². The number of nitrogens with one attached hydrogen (secondary N) is 1. The fourth-order valence-electron chi connectivity index (χ4n) is 1.56. The molecule has 2 rings (SSSR count). The number of rotatable bonds is 1. The van der Waals surface area contributed by atoms with E-state index in [2.05, 4.69) is 5.43 Å². The Balaban J connectivity index is 2.84. The third-order valence-corrected chi connectivity index (χ3v) is 2.30. The van der Waals surface area contributed by atoms with Gasteiger partial charge in [-0.15, -0.1) is 0 Å². The second kappa shape index (κ2) is 2.35. The monoisotopic (exact) mass is 179 g/mol. The molecule has 2 aromatic heterocycles. The summed E-state index contributed by atoms with van der Waals surface area (Å²) in [7, 11) is 3.73. The molecule has 0 radical (unpaired) electrons. The van der Waals surface area contributed by atoms with Crippen molar-refractivity contribution in [1.82, 2.24) is 9.24 Å². The van der Waals surface area contributed by atoms with Gasteiger partial charge in [0, 0.05) is 26.2 Å². The highest BCUT2D eigenvalue weighted by atomic mass is 15.4. The Morgan fingerprint density at radius 3 is 2.38 bits per heavy atom. The van der Waals surface area contributed by atoms with E-state index >= 15 is 0 Å². The summed E-state index contributed by atoms with van der Waals surface area (Å²) in [6, 6.07) is 3.78. The van der Waals surface area contributed by atoms with Crippen LogP contribution < -0.4 is 16.9 Å². The van der Waals surface area contributed by atoms with E-state index in [9.17, 15) is 0 Å². The van der Waals surface area contributed by atoms with Crippen LogP contribution in [0, 0.1) is 0 Å². The molecule has 0 aliphatic carbocycles. The standard InChI is InChI=1S/C8H13N5/c1-11-13-6-4-7(9)12(2)5(6)3-8(13)10/h3-4,11H,9-10H2,1-2H3. The summed E-state index contributed by atoms with van der Waals surface area (Å²) in [4.78, 5) is 0. The molecule has 0 unspecified atom stereocenters. The minimum Gasteiger partial charge on any atom is -0.385 e. The van der Waals surface area contributed by atoms with Crippen LogP contribution in [0.15, 0.2) is 12.1 Å². The van der Waals surface area contributed by atoms with Crippen molar-refractivity contribution in [3.8, 4) is 0 Å². The molecule has 13 heavy (non-hydrogen) atoms. The normalized spacial score (nSPS) is 10.9. The zero-order valence-corrected chi connectivity index (χ0v) is 7.70. The fraction of sp³-hybridized carbons (Fsp3) is 0.250. The minimum absolute atomic E-state index is 0.683. The van der Waals surface area contributed by atoms with Crippen molar-refractivity contribution in [3.05, 3.63) is 12.1 Å². The maximum atomic E-state index is 5.77. The molecule has 2 aromatic rings. The van der Waals surface area contributed by atoms with Crippen molar-refractivity contribution >= 4 is 22.7 Å². The highest BCUT2D eigenvalue weighted by Gasteiger charge is 2.10. The van der Waals surface area contributed by atoms with Gasteiger partial charge in [-0.05, 0) is 0 Å². The average molecular weight is 179 g/mol. The molecule has 0 fully saturated rings. The molecule has 2 heterocycles. The molecule has 5 nitrogen and oxygen atoms in total. The lowest BCUT2D eigenvalue weighted by atomic mass is 10.5. The Bertz CT molecular complexity index is 450. The zero-order valence-electron chi connectivity index (χ0n) is 7.70. The summed E-state index contributed by atoms with van der Waals surface area (Å²) >= 11 is 0. The first-order chi connectivity index (χ1) is 6.15. The van der Waals surface area contributed by atoms with Crippen LogP contribution >= 0.6 is 0 Å². The summed E-state index contributed by atoms with van der Waals surface area (Å²) in [5.41, 5.74) is 16.5. The summed E-state index contributed by atoms with van der Waals surface area (Å²) in [6.07, 6.45) is 0. The average Bonchev–Trinajstić information content (AvgIpc) is 2.52. The molecule has 0 saturated heterocycles. The maximum absolute atomic E-state index is 5.77. The van der Waals surface area contributed by atoms with E-state index in [4.69, 9.17) is 11.5 Å². The van der Waals surface area contributed by atoms with Crippen molar-refractivity contribution < 1.29 is 0 Å². The second-order valence-electron chi connectivity index (χ2n) is 3.03. The topological polar surface area (TPSA) is 73.9 Å². The van der Waals surface area contributed by atoms with E-state index in [1.165, 1.54) is 0 Å². The molecular formula is C8H13N5. The third kappa shape index (κ3) is 0.867. The number of fused-ring (bicyclic) bond motifs is 1. The van der Waals surface area contributed by atoms with Crippen LogP contribution in [0.25, 0.3) is 11.0 Å². The van der Waals surface area contributed by atoms with E-state index in [0.29, 0.717) is 5.82 Å². The van der Waals surface area contributed by atoms with Gasteiger partial charge in [0.1, 0.15) is 11.6 Å². The number of aryl methyl sites for hydroxylation is 1. The predicted octanol–water partition coefficient (Wildman–Crippen LogP) is 0.317. The first-order valence-electron chi connectivity index (χ1n) is 4.05. The fourth-order valence-corrected chi connectivity index (χ4v) is 1.56. The van der Waals surface area contributed by atoms with Crippen molar-refractivity contribution in [2.45, 2.75) is 0 Å². The lowest BCUT2D eigenvalue weighted by Gasteiger charge is -2.03. The van der Waals surface area contributed by atoms with Crippen molar-refractivity contribution in [2.24, 2.45) is 7.05 Å². The van der Waals surface area contributed by atoms with E-state index in [-0.39, 0.29) is 0 Å². The third-order valence-electron chi connectivity index (χ3n) is 2.30. The molecule has 0 aliphatic rings. The molecule has 5 N–H and O–H groups in total. The van der Waals surface area contributed by atoms with Crippen LogP contribution in [-0.4, -0.2) is 16.3 Å². The molecule has 0 spiro atoms. The molecule has 0 amide bonds. The van der Waals surface area contributed by atoms with Crippen LogP contribution in [0.1, 0.15) is 0 Å². The van der Waals surface area contributed by atoms with Crippen LogP contribution in [0.3, 0.4) is 0 Å². The van der Waals surface area contributed by atoms with Gasteiger partial charge in [0.05, 0.1) is 11.0 Å². The zero-order chi connectivity index (χ0) is 9.59. The number of anilines is 2. The SMILES string of the molecule is CNn1c(N)cc2c1cc(N)n2C. The summed E-state index contributed by atoms with van der Waals surface area (Å²) in [5, 5.41) is 0. The lowest BCUT2D eigenvalue weighted by Crippen LogP contribution is -2.10. The molecular weight excluding hydrogens is 166 g/mol. The van der Waals surface area contributed by atoms with Crippen molar-refractivity contribution in [2.75, 3.05) is 23.9 Å². The van der Waals surface area contributed by atoms with Crippen molar-refractivity contribution in [1.29, 1.82) is 0 Å². The Morgan fingerprint density at radius 1 is 1.15 bits per heavy atom. The van der Waals surface area contributed by atoms with Gasteiger partial charge in [0.15, 0.2) is 0 Å². The van der Waals surface area contributed by atoms with E-state index in [0.717, 1.165) is 16.9 Å². The van der Waals surface area contributed by atoms with Gasteiger partial charge in [0.2, 0.25) is 0 Å². The molecule has 0 saturated carbocycles. The Kier molecular flexibility index (Phi) is 1.42. The highest BCUT2D eigenvalue weighted by Crippen LogP contribution is 2.24. The summed E-state index contributed by atoms with van der Waals surface area (Å²) < 4.78 is 3.70. The Morgan fingerprint density at radius 2 is 1.77 bits per heavy atom. The first kappa shape index (κ1) is 7.85. The van der Waals surface area contributed by atoms with Gasteiger partial charge in [-0.25, -0.2) is 4.68 Å². The van der Waals surface area contributed by atoms with Crippen LogP contribution in [-0.2, 0) is 7.05 Å². The molecule has 0 bridgehead atoms. The molecule has 0 atom stereocenters. The van der Waals surface area contributed by atoms with E-state index in [1.807, 2.05) is 30.8 Å². The number of nitrogens with two attached hydrogens (primary N) is 2. The van der Waals surface area contributed by atoms with Crippen molar-refractivity contribution in [3.63, 3.8) is 0 Å². The van der Waals surface area contributed by atoms with Crippen LogP contribution in [0.4, 0.5) is 11.6 Å². The predicted molar refractivity (Wildman–Crippen MR) is 55.0 cm³/mol.